The molecule has 0 saturated carbocycles. The molecule has 1 saturated heterocycles. The van der Waals surface area contributed by atoms with Crippen molar-refractivity contribution in [1.82, 2.24) is 5.32 Å². The normalized spacial score (nSPS) is 17.8. The first kappa shape index (κ1) is 21.0. The van der Waals surface area contributed by atoms with Crippen LogP contribution in [0, 0.1) is 17.6 Å². The number of fused-ring (bicyclic) bond motifs is 1. The predicted octanol–water partition coefficient (Wildman–Crippen LogP) is 2.93. The summed E-state index contributed by atoms with van der Waals surface area (Å²) in [6.07, 6.45) is 1.23. The van der Waals surface area contributed by atoms with E-state index in [1.165, 1.54) is 0 Å². The van der Waals surface area contributed by atoms with E-state index < -0.39 is 17.6 Å². The lowest BCUT2D eigenvalue weighted by molar-refractivity contribution is -0.126. The molecule has 2 aromatic rings. The van der Waals surface area contributed by atoms with Crippen molar-refractivity contribution in [2.75, 3.05) is 22.9 Å². The van der Waals surface area contributed by atoms with Crippen LogP contribution in [0.5, 0.6) is 0 Å². The highest BCUT2D eigenvalue weighted by Crippen LogP contribution is 2.34. The second-order valence-electron chi connectivity index (χ2n) is 7.86. The minimum Gasteiger partial charge on any atom is -0.352 e. The number of rotatable bonds is 5. The summed E-state index contributed by atoms with van der Waals surface area (Å²) in [5.41, 5.74) is 2.90. The molecule has 3 amide bonds. The van der Waals surface area contributed by atoms with Crippen molar-refractivity contribution in [3.05, 3.63) is 59.2 Å². The number of nitrogens with zero attached hydrogens (tertiary/aromatic N) is 2. The first-order valence-electron chi connectivity index (χ1n) is 10.3. The third kappa shape index (κ3) is 4.28. The molecule has 0 unspecified atom stereocenters. The van der Waals surface area contributed by atoms with Crippen molar-refractivity contribution in [1.29, 1.82) is 0 Å². The van der Waals surface area contributed by atoms with E-state index in [1.807, 2.05) is 19.1 Å². The van der Waals surface area contributed by atoms with E-state index in [4.69, 9.17) is 0 Å². The molecule has 4 rings (SSSR count). The number of hydrogen-bond acceptors (Lipinski definition) is 3. The second kappa shape index (κ2) is 8.45. The van der Waals surface area contributed by atoms with Crippen LogP contribution < -0.4 is 15.1 Å². The van der Waals surface area contributed by atoms with Crippen LogP contribution >= 0.6 is 0 Å². The molecule has 2 aromatic carbocycles. The van der Waals surface area contributed by atoms with E-state index >= 15 is 0 Å². The molecule has 2 aliphatic rings. The second-order valence-corrected chi connectivity index (χ2v) is 7.86. The molecule has 6 nitrogen and oxygen atoms in total. The lowest BCUT2D eigenvalue weighted by Crippen LogP contribution is -2.32. The summed E-state index contributed by atoms with van der Waals surface area (Å²) in [6.45, 7) is 2.68. The number of halogens is 2. The highest BCUT2D eigenvalue weighted by molar-refractivity contribution is 6.01. The van der Waals surface area contributed by atoms with Crippen molar-refractivity contribution >= 4 is 29.1 Å². The summed E-state index contributed by atoms with van der Waals surface area (Å²) >= 11 is 0. The molecule has 0 aliphatic carbocycles. The van der Waals surface area contributed by atoms with Crippen LogP contribution in [0.2, 0.25) is 0 Å². The van der Waals surface area contributed by atoms with Crippen molar-refractivity contribution in [3.63, 3.8) is 0 Å². The Morgan fingerprint density at radius 2 is 1.87 bits per heavy atom. The molecule has 8 heteroatoms. The average molecular weight is 427 g/mol. The topological polar surface area (TPSA) is 69.7 Å². The van der Waals surface area contributed by atoms with Crippen LogP contribution in [-0.4, -0.2) is 30.8 Å². The average Bonchev–Trinajstić information content (AvgIpc) is 3.34. The lowest BCUT2D eigenvalue weighted by atomic mass is 10.1. The largest absolute Gasteiger partial charge is 0.352 e. The number of nitrogens with one attached hydrogen (secondary N) is 1. The highest BCUT2D eigenvalue weighted by atomic mass is 19.1. The van der Waals surface area contributed by atoms with Gasteiger partial charge in [-0.3, -0.25) is 14.4 Å². The fourth-order valence-corrected chi connectivity index (χ4v) is 4.19. The van der Waals surface area contributed by atoms with Gasteiger partial charge in [-0.15, -0.1) is 0 Å². The van der Waals surface area contributed by atoms with E-state index in [0.29, 0.717) is 24.2 Å². The summed E-state index contributed by atoms with van der Waals surface area (Å²) in [4.78, 5) is 40.5. The predicted molar refractivity (Wildman–Crippen MR) is 111 cm³/mol. The molecule has 0 aromatic heterocycles. The molecule has 1 fully saturated rings. The number of hydrogen-bond donors (Lipinski definition) is 1. The Hall–Kier alpha value is -3.29. The minimum atomic E-state index is -0.706. The van der Waals surface area contributed by atoms with Gasteiger partial charge < -0.3 is 15.1 Å². The van der Waals surface area contributed by atoms with Gasteiger partial charge in [0.1, 0.15) is 11.6 Å². The van der Waals surface area contributed by atoms with E-state index in [0.717, 1.165) is 35.9 Å². The Morgan fingerprint density at radius 1 is 1.13 bits per heavy atom. The van der Waals surface area contributed by atoms with Gasteiger partial charge in [-0.1, -0.05) is 6.92 Å². The van der Waals surface area contributed by atoms with Crippen LogP contribution in [0.3, 0.4) is 0 Å². The van der Waals surface area contributed by atoms with Gasteiger partial charge in [-0.05, 0) is 47.9 Å². The van der Waals surface area contributed by atoms with E-state index in [2.05, 4.69) is 5.32 Å². The van der Waals surface area contributed by atoms with Crippen molar-refractivity contribution in [3.8, 4) is 0 Å². The summed E-state index contributed by atoms with van der Waals surface area (Å²) in [5, 5.41) is 2.66. The third-order valence-corrected chi connectivity index (χ3v) is 5.76. The molecule has 162 valence electrons. The first-order chi connectivity index (χ1) is 14.9. The fraction of sp³-hybridized carbons (Fsp3) is 0.348. The highest BCUT2D eigenvalue weighted by Gasteiger charge is 2.35. The fourth-order valence-electron chi connectivity index (χ4n) is 4.19. The maximum absolute atomic E-state index is 13.3. The zero-order valence-electron chi connectivity index (χ0n) is 17.2. The van der Waals surface area contributed by atoms with Crippen molar-refractivity contribution in [2.45, 2.75) is 32.7 Å². The maximum Gasteiger partial charge on any atom is 0.227 e. The van der Waals surface area contributed by atoms with Gasteiger partial charge in [-0.25, -0.2) is 8.78 Å². The zero-order chi connectivity index (χ0) is 22.1. The van der Waals surface area contributed by atoms with Gasteiger partial charge in [0.05, 0.1) is 5.92 Å². The molecule has 0 spiro atoms. The molecule has 0 radical (unpaired) electrons. The quantitative estimate of drug-likeness (QED) is 0.798. The van der Waals surface area contributed by atoms with Crippen molar-refractivity contribution in [2.24, 2.45) is 5.92 Å². The monoisotopic (exact) mass is 427 g/mol. The number of carbonyl (C=O) groups is 3. The van der Waals surface area contributed by atoms with Gasteiger partial charge in [0.25, 0.3) is 0 Å². The van der Waals surface area contributed by atoms with E-state index in [-0.39, 0.29) is 37.2 Å². The maximum atomic E-state index is 13.3. The van der Waals surface area contributed by atoms with Gasteiger partial charge in [0, 0.05) is 49.9 Å². The van der Waals surface area contributed by atoms with E-state index in [1.54, 1.807) is 15.9 Å². The van der Waals surface area contributed by atoms with Gasteiger partial charge in [0.15, 0.2) is 0 Å². The third-order valence-electron chi connectivity index (χ3n) is 5.76. The Kier molecular flexibility index (Phi) is 5.71. The van der Waals surface area contributed by atoms with Gasteiger partial charge in [-0.2, -0.15) is 0 Å². The van der Waals surface area contributed by atoms with Crippen molar-refractivity contribution < 1.29 is 23.2 Å². The van der Waals surface area contributed by atoms with Crippen LogP contribution in [0.1, 0.15) is 30.9 Å². The van der Waals surface area contributed by atoms with Gasteiger partial charge in [0.2, 0.25) is 17.7 Å². The molecule has 2 aliphatic heterocycles. The van der Waals surface area contributed by atoms with Gasteiger partial charge >= 0.3 is 0 Å². The Labute approximate surface area is 178 Å². The number of carbonyl (C=O) groups excluding carboxylic acids is 3. The molecular formula is C23H23F2N3O3. The summed E-state index contributed by atoms with van der Waals surface area (Å²) in [6, 6.07) is 8.65. The number of anilines is 2. The summed E-state index contributed by atoms with van der Waals surface area (Å²) in [5.74, 6) is -2.38. The molecule has 2 heterocycles. The zero-order valence-corrected chi connectivity index (χ0v) is 17.2. The molecule has 1 atom stereocenters. The standard InChI is InChI=1S/C23H23F2N3O3/c1-2-21(29)27-6-5-15-9-19(3-4-20(15)27)28-13-16(10-22(28)30)23(31)26-12-14-7-17(24)11-18(25)8-14/h3-4,7-9,11,16H,2,5-6,10,12-13H2,1H3,(H,26,31)/t16-/m0/s1. The number of amides is 3. The summed E-state index contributed by atoms with van der Waals surface area (Å²) < 4.78 is 26.6. The molecular weight excluding hydrogens is 404 g/mol. The molecule has 31 heavy (non-hydrogen) atoms. The van der Waals surface area contributed by atoms with E-state index in [9.17, 15) is 23.2 Å². The van der Waals surface area contributed by atoms with Crippen LogP contribution in [0.25, 0.3) is 0 Å². The first-order valence-corrected chi connectivity index (χ1v) is 10.3. The molecule has 1 N–H and O–H groups in total. The lowest BCUT2D eigenvalue weighted by Gasteiger charge is -2.20. The summed E-state index contributed by atoms with van der Waals surface area (Å²) in [7, 11) is 0. The minimum absolute atomic E-state index is 0.0155. The van der Waals surface area contributed by atoms with Crippen LogP contribution in [-0.2, 0) is 27.3 Å². The van der Waals surface area contributed by atoms with Crippen LogP contribution in [0.4, 0.5) is 20.2 Å². The Balaban J connectivity index is 1.41. The smallest absolute Gasteiger partial charge is 0.227 e. The Morgan fingerprint density at radius 3 is 2.58 bits per heavy atom. The van der Waals surface area contributed by atoms with Crippen LogP contribution in [0.15, 0.2) is 36.4 Å². The number of benzene rings is 2. The SMILES string of the molecule is CCC(=O)N1CCc2cc(N3C[C@@H](C(=O)NCc4cc(F)cc(F)c4)CC3=O)ccc21. The Bertz CT molecular complexity index is 1040. The molecule has 0 bridgehead atoms.